The Balaban J connectivity index is 1.20. The van der Waals surface area contributed by atoms with Crippen LogP contribution in [-0.4, -0.2) is 33.5 Å². The minimum atomic E-state index is -0.389. The minimum absolute atomic E-state index is 0.132. The van der Waals surface area contributed by atoms with Crippen LogP contribution in [0.5, 0.6) is 0 Å². The summed E-state index contributed by atoms with van der Waals surface area (Å²) < 4.78 is 12.9. The van der Waals surface area contributed by atoms with Crippen LogP contribution in [0.2, 0.25) is 0 Å². The highest BCUT2D eigenvalue weighted by Crippen LogP contribution is 2.38. The molecule has 0 aliphatic heterocycles. The first-order chi connectivity index (χ1) is 14.6. The molecule has 1 saturated carbocycles. The number of aromatic amines is 1. The zero-order valence-electron chi connectivity index (χ0n) is 16.3. The number of carbonyl (C=O) groups is 2. The molecule has 0 bridgehead atoms. The number of benzene rings is 2. The lowest BCUT2D eigenvalue weighted by molar-refractivity contribution is -0.116. The first-order valence-electron chi connectivity index (χ1n) is 9.95. The lowest BCUT2D eigenvalue weighted by Gasteiger charge is -2.07. The second kappa shape index (κ2) is 8.86. The largest absolute Gasteiger partial charge is 0.352 e. The third-order valence-electron chi connectivity index (χ3n) is 4.87. The van der Waals surface area contributed by atoms with E-state index in [-0.39, 0.29) is 24.1 Å². The summed E-state index contributed by atoms with van der Waals surface area (Å²) in [6.07, 6.45) is 3.10. The number of hydrogen-bond acceptors (Lipinski definition) is 4. The molecule has 8 heteroatoms. The van der Waals surface area contributed by atoms with Crippen LogP contribution in [0.25, 0.3) is 11.4 Å². The molecule has 1 aliphatic carbocycles. The Morgan fingerprint density at radius 3 is 2.50 bits per heavy atom. The van der Waals surface area contributed by atoms with E-state index in [4.69, 9.17) is 0 Å². The van der Waals surface area contributed by atoms with Crippen LogP contribution in [0.1, 0.15) is 47.8 Å². The summed E-state index contributed by atoms with van der Waals surface area (Å²) in [5, 5.41) is 12.8. The van der Waals surface area contributed by atoms with E-state index in [9.17, 15) is 14.0 Å². The Labute approximate surface area is 173 Å². The zero-order valence-corrected chi connectivity index (χ0v) is 16.3. The standard InChI is InChI=1S/C22H22FN5O2/c23-17-9-5-16(6-10-17)22(30)24-13-1-2-19(29)25-18-11-7-15(8-12-18)21-26-20(27-28-21)14-3-4-14/h5-12,14H,1-4,13H2,(H,24,30)(H,25,29)(H,26,27,28). The maximum atomic E-state index is 12.9. The van der Waals surface area contributed by atoms with E-state index >= 15 is 0 Å². The van der Waals surface area contributed by atoms with Crippen molar-refractivity contribution in [1.82, 2.24) is 20.5 Å². The molecule has 1 fully saturated rings. The number of halogens is 1. The second-order valence-electron chi connectivity index (χ2n) is 7.31. The van der Waals surface area contributed by atoms with E-state index in [0.29, 0.717) is 36.0 Å². The third-order valence-corrected chi connectivity index (χ3v) is 4.87. The smallest absolute Gasteiger partial charge is 0.251 e. The molecule has 0 spiro atoms. The van der Waals surface area contributed by atoms with Crippen molar-refractivity contribution in [3.63, 3.8) is 0 Å². The van der Waals surface area contributed by atoms with Gasteiger partial charge in [-0.1, -0.05) is 0 Å². The molecule has 30 heavy (non-hydrogen) atoms. The van der Waals surface area contributed by atoms with Crippen molar-refractivity contribution in [2.75, 3.05) is 11.9 Å². The number of rotatable bonds is 8. The molecular formula is C22H22FN5O2. The topological polar surface area (TPSA) is 99.8 Å². The number of H-pyrrole nitrogens is 1. The van der Waals surface area contributed by atoms with Gasteiger partial charge in [0.15, 0.2) is 5.82 Å². The van der Waals surface area contributed by atoms with Crippen molar-refractivity contribution < 1.29 is 14.0 Å². The van der Waals surface area contributed by atoms with Crippen LogP contribution in [0.3, 0.4) is 0 Å². The third kappa shape index (κ3) is 5.08. The molecule has 0 unspecified atom stereocenters. The summed E-state index contributed by atoms with van der Waals surface area (Å²) in [6.45, 7) is 0.358. The lowest BCUT2D eigenvalue weighted by atomic mass is 10.2. The molecule has 1 aromatic heterocycles. The Kier molecular flexibility index (Phi) is 5.83. The summed E-state index contributed by atoms with van der Waals surface area (Å²) in [5.41, 5.74) is 1.97. The van der Waals surface area contributed by atoms with Crippen molar-refractivity contribution in [1.29, 1.82) is 0 Å². The Morgan fingerprint density at radius 1 is 1.07 bits per heavy atom. The fraction of sp³-hybridized carbons (Fsp3) is 0.273. The molecule has 3 N–H and O–H groups in total. The van der Waals surface area contributed by atoms with E-state index in [1.807, 2.05) is 24.3 Å². The van der Waals surface area contributed by atoms with E-state index in [0.717, 1.165) is 24.2 Å². The van der Waals surface area contributed by atoms with Gasteiger partial charge in [-0.15, -0.1) is 0 Å². The first kappa shape index (κ1) is 19.8. The summed E-state index contributed by atoms with van der Waals surface area (Å²) in [5.74, 6) is 1.31. The number of nitrogens with zero attached hydrogens (tertiary/aromatic N) is 2. The Morgan fingerprint density at radius 2 is 1.80 bits per heavy atom. The highest BCUT2D eigenvalue weighted by molar-refractivity contribution is 5.94. The summed E-state index contributed by atoms with van der Waals surface area (Å²) in [6, 6.07) is 12.7. The molecule has 0 radical (unpaired) electrons. The van der Waals surface area contributed by atoms with Gasteiger partial charge in [0, 0.05) is 35.7 Å². The molecule has 154 valence electrons. The van der Waals surface area contributed by atoms with Gasteiger partial charge in [-0.25, -0.2) is 9.37 Å². The van der Waals surface area contributed by atoms with Crippen molar-refractivity contribution in [2.45, 2.75) is 31.6 Å². The van der Waals surface area contributed by atoms with Crippen molar-refractivity contribution in [3.8, 4) is 11.4 Å². The Bertz CT molecular complexity index is 1030. The lowest BCUT2D eigenvalue weighted by Crippen LogP contribution is -2.25. The molecule has 0 saturated heterocycles. The Hall–Kier alpha value is -3.55. The number of aromatic nitrogens is 3. The van der Waals surface area contributed by atoms with Gasteiger partial charge in [-0.3, -0.25) is 14.7 Å². The molecular weight excluding hydrogens is 385 g/mol. The highest BCUT2D eigenvalue weighted by Gasteiger charge is 2.27. The van der Waals surface area contributed by atoms with Gasteiger partial charge < -0.3 is 10.6 Å². The predicted octanol–water partition coefficient (Wildman–Crippen LogP) is 3.64. The molecule has 3 aromatic rings. The monoisotopic (exact) mass is 407 g/mol. The van der Waals surface area contributed by atoms with Gasteiger partial charge in [0.2, 0.25) is 5.91 Å². The minimum Gasteiger partial charge on any atom is -0.352 e. The first-order valence-corrected chi connectivity index (χ1v) is 9.95. The summed E-state index contributed by atoms with van der Waals surface area (Å²) >= 11 is 0. The van der Waals surface area contributed by atoms with Crippen LogP contribution >= 0.6 is 0 Å². The zero-order chi connectivity index (χ0) is 20.9. The molecule has 1 aliphatic rings. The van der Waals surface area contributed by atoms with Crippen molar-refractivity contribution in [3.05, 3.63) is 65.7 Å². The van der Waals surface area contributed by atoms with Gasteiger partial charge >= 0.3 is 0 Å². The fourth-order valence-corrected chi connectivity index (χ4v) is 3.02. The maximum Gasteiger partial charge on any atom is 0.251 e. The average Bonchev–Trinajstić information content (AvgIpc) is 3.49. The van der Waals surface area contributed by atoms with Gasteiger partial charge in [0.1, 0.15) is 11.6 Å². The van der Waals surface area contributed by atoms with Crippen molar-refractivity contribution >= 4 is 17.5 Å². The van der Waals surface area contributed by atoms with Crippen LogP contribution in [0.15, 0.2) is 48.5 Å². The predicted molar refractivity (Wildman–Crippen MR) is 110 cm³/mol. The van der Waals surface area contributed by atoms with Crippen LogP contribution < -0.4 is 10.6 Å². The highest BCUT2D eigenvalue weighted by atomic mass is 19.1. The van der Waals surface area contributed by atoms with E-state index in [1.165, 1.54) is 24.3 Å². The molecule has 2 aromatic carbocycles. The van der Waals surface area contributed by atoms with E-state index in [1.54, 1.807) is 0 Å². The maximum absolute atomic E-state index is 12.9. The molecule has 0 atom stereocenters. The summed E-state index contributed by atoms with van der Waals surface area (Å²) in [7, 11) is 0. The van der Waals surface area contributed by atoms with Crippen LogP contribution in [-0.2, 0) is 4.79 Å². The van der Waals surface area contributed by atoms with Gasteiger partial charge in [-0.05, 0) is 67.8 Å². The summed E-state index contributed by atoms with van der Waals surface area (Å²) in [4.78, 5) is 28.6. The van der Waals surface area contributed by atoms with Gasteiger partial charge in [0.05, 0.1) is 0 Å². The molecule has 7 nitrogen and oxygen atoms in total. The number of hydrogen-bond donors (Lipinski definition) is 3. The van der Waals surface area contributed by atoms with E-state index in [2.05, 4.69) is 25.8 Å². The van der Waals surface area contributed by atoms with Crippen molar-refractivity contribution in [2.24, 2.45) is 0 Å². The normalized spacial score (nSPS) is 13.1. The van der Waals surface area contributed by atoms with Gasteiger partial charge in [0.25, 0.3) is 5.91 Å². The molecule has 2 amide bonds. The van der Waals surface area contributed by atoms with Gasteiger partial charge in [-0.2, -0.15) is 5.10 Å². The quantitative estimate of drug-likeness (QED) is 0.497. The SMILES string of the molecule is O=C(CCCNC(=O)c1ccc(F)cc1)Nc1ccc(-c2n[nH]c(C3CC3)n2)cc1. The van der Waals surface area contributed by atoms with E-state index < -0.39 is 0 Å². The molecule has 1 heterocycles. The van der Waals surface area contributed by atoms with Crippen LogP contribution in [0.4, 0.5) is 10.1 Å². The molecule has 4 rings (SSSR count). The van der Waals surface area contributed by atoms with Crippen LogP contribution in [0, 0.1) is 5.82 Å². The fourth-order valence-electron chi connectivity index (χ4n) is 3.02. The number of carbonyl (C=O) groups excluding carboxylic acids is 2. The number of amides is 2. The average molecular weight is 407 g/mol. The second-order valence-corrected chi connectivity index (χ2v) is 7.31. The number of anilines is 1. The number of nitrogens with one attached hydrogen (secondary N) is 3.